The predicted octanol–water partition coefficient (Wildman–Crippen LogP) is 0.938. The molecule has 5 nitrogen and oxygen atoms in total. The van der Waals surface area contributed by atoms with Crippen molar-refractivity contribution in [2.45, 2.75) is 11.3 Å². The number of phenols is 1. The molecule has 2 aromatic carbocycles. The smallest absolute Gasteiger partial charge is 0.239 e. The number of Topliss-reactive ketones (excluding diaryl/α,β-unsaturated/α-hetero) is 1. The lowest BCUT2D eigenvalue weighted by Crippen LogP contribution is -2.54. The first kappa shape index (κ1) is 11.5. The number of hydrogen-bond acceptors (Lipinski definition) is 5. The average molecular weight is 269 g/mol. The number of fused-ring (bicyclic) bond motifs is 5. The number of nitrogens with one attached hydrogen (secondary N) is 1. The first-order chi connectivity index (χ1) is 9.48. The maximum atomic E-state index is 12.4. The van der Waals surface area contributed by atoms with E-state index in [2.05, 4.69) is 5.32 Å². The van der Waals surface area contributed by atoms with Crippen LogP contribution in [0, 0.1) is 0 Å². The third kappa shape index (κ3) is 1.01. The van der Waals surface area contributed by atoms with Gasteiger partial charge in [0.25, 0.3) is 0 Å². The third-order valence-electron chi connectivity index (χ3n) is 4.12. The van der Waals surface area contributed by atoms with Crippen LogP contribution in [-0.2, 0) is 5.60 Å². The second kappa shape index (κ2) is 3.20. The molecule has 0 fully saturated rings. The molecule has 0 spiro atoms. The zero-order chi connectivity index (χ0) is 14.1. The van der Waals surface area contributed by atoms with Gasteiger partial charge >= 0.3 is 0 Å². The minimum Gasteiger partial charge on any atom is -0.508 e. The normalized spacial score (nSPS) is 29.6. The van der Waals surface area contributed by atoms with E-state index in [9.17, 15) is 20.1 Å². The molecule has 0 amide bonds. The molecule has 0 saturated heterocycles. The summed E-state index contributed by atoms with van der Waals surface area (Å²) in [7, 11) is 0. The van der Waals surface area contributed by atoms with Crippen molar-refractivity contribution in [1.82, 2.24) is 0 Å². The van der Waals surface area contributed by atoms with Gasteiger partial charge in [-0.05, 0) is 12.1 Å². The number of phenolic OH excluding ortho intramolecular Hbond substituents is 1. The van der Waals surface area contributed by atoms with E-state index in [0.717, 1.165) is 0 Å². The van der Waals surface area contributed by atoms with Crippen LogP contribution in [0.25, 0.3) is 0 Å². The van der Waals surface area contributed by atoms with Crippen molar-refractivity contribution in [3.63, 3.8) is 0 Å². The highest BCUT2D eigenvalue weighted by atomic mass is 16.4. The van der Waals surface area contributed by atoms with Gasteiger partial charge in [0.15, 0.2) is 5.60 Å². The van der Waals surface area contributed by atoms with E-state index < -0.39 is 17.1 Å². The first-order valence-corrected chi connectivity index (χ1v) is 6.19. The van der Waals surface area contributed by atoms with Crippen LogP contribution in [0.1, 0.15) is 21.5 Å². The minimum atomic E-state index is -2.13. The van der Waals surface area contributed by atoms with E-state index in [1.807, 2.05) is 0 Å². The standard InChI is InChI=1S/C15H11NO4/c17-8-5-6-11-12(7-8)16-15(20)13(18)9-3-1-2-4-10(9)14(11,15)19/h1-7,16-17,19-20H/t14-,15-/m1/s1. The van der Waals surface area contributed by atoms with Crippen molar-refractivity contribution >= 4 is 11.5 Å². The molecule has 0 aromatic heterocycles. The van der Waals surface area contributed by atoms with Crippen LogP contribution in [-0.4, -0.2) is 26.8 Å². The Hall–Kier alpha value is -2.37. The zero-order valence-corrected chi connectivity index (χ0v) is 10.3. The third-order valence-corrected chi connectivity index (χ3v) is 4.12. The lowest BCUT2D eigenvalue weighted by molar-refractivity contribution is -0.0716. The monoisotopic (exact) mass is 269 g/mol. The number of ketones is 1. The Bertz CT molecular complexity index is 772. The Labute approximate surface area is 114 Å². The van der Waals surface area contributed by atoms with Crippen LogP contribution in [0.5, 0.6) is 5.75 Å². The van der Waals surface area contributed by atoms with Gasteiger partial charge in [0, 0.05) is 28.4 Å². The number of carbonyl (C=O) groups excluding carboxylic acids is 1. The van der Waals surface area contributed by atoms with Gasteiger partial charge in [-0.1, -0.05) is 24.3 Å². The molecule has 1 aliphatic heterocycles. The lowest BCUT2D eigenvalue weighted by atomic mass is 9.85. The summed E-state index contributed by atoms with van der Waals surface area (Å²) in [6.45, 7) is 0. The Morgan fingerprint density at radius 2 is 1.75 bits per heavy atom. The summed E-state index contributed by atoms with van der Waals surface area (Å²) in [6, 6.07) is 10.9. The first-order valence-electron chi connectivity index (χ1n) is 6.19. The van der Waals surface area contributed by atoms with Crippen molar-refractivity contribution in [1.29, 1.82) is 0 Å². The van der Waals surface area contributed by atoms with Crippen LogP contribution >= 0.6 is 0 Å². The highest BCUT2D eigenvalue weighted by molar-refractivity contribution is 6.12. The van der Waals surface area contributed by atoms with Gasteiger partial charge in [0.2, 0.25) is 11.5 Å². The summed E-state index contributed by atoms with van der Waals surface area (Å²) in [4.78, 5) is 12.4. The topological polar surface area (TPSA) is 89.8 Å². The van der Waals surface area contributed by atoms with E-state index >= 15 is 0 Å². The molecule has 1 aliphatic carbocycles. The quantitative estimate of drug-likeness (QED) is 0.571. The molecule has 2 aliphatic rings. The van der Waals surface area contributed by atoms with Gasteiger partial charge in [-0.3, -0.25) is 4.79 Å². The van der Waals surface area contributed by atoms with Gasteiger partial charge in [0.1, 0.15) is 5.75 Å². The van der Waals surface area contributed by atoms with Crippen LogP contribution in [0.2, 0.25) is 0 Å². The summed E-state index contributed by atoms with van der Waals surface area (Å²) in [5.41, 5.74) is -2.60. The molecular formula is C15H11NO4. The summed E-state index contributed by atoms with van der Waals surface area (Å²) in [5, 5.41) is 33.9. The zero-order valence-electron chi connectivity index (χ0n) is 10.3. The highest BCUT2D eigenvalue weighted by Gasteiger charge is 2.67. The summed E-state index contributed by atoms with van der Waals surface area (Å²) in [5.74, 6) is -0.588. The number of hydrogen-bond donors (Lipinski definition) is 4. The van der Waals surface area contributed by atoms with E-state index in [-0.39, 0.29) is 5.75 Å². The average Bonchev–Trinajstić information content (AvgIpc) is 2.76. The lowest BCUT2D eigenvalue weighted by Gasteiger charge is -2.30. The van der Waals surface area contributed by atoms with E-state index in [1.54, 1.807) is 24.3 Å². The minimum absolute atomic E-state index is 0.0100. The number of anilines is 1. The van der Waals surface area contributed by atoms with E-state index in [1.165, 1.54) is 18.2 Å². The number of benzene rings is 2. The summed E-state index contributed by atoms with van der Waals surface area (Å²) < 4.78 is 0. The molecule has 100 valence electrons. The van der Waals surface area contributed by atoms with Crippen molar-refractivity contribution in [2.75, 3.05) is 5.32 Å². The highest BCUT2D eigenvalue weighted by Crippen LogP contribution is 2.55. The van der Waals surface area contributed by atoms with Crippen LogP contribution in [0.15, 0.2) is 42.5 Å². The van der Waals surface area contributed by atoms with Crippen LogP contribution < -0.4 is 5.32 Å². The maximum Gasteiger partial charge on any atom is 0.239 e. The van der Waals surface area contributed by atoms with Gasteiger partial charge < -0.3 is 20.6 Å². The summed E-state index contributed by atoms with van der Waals surface area (Å²) in [6.07, 6.45) is 0. The molecule has 20 heavy (non-hydrogen) atoms. The number of aromatic hydroxyl groups is 1. The van der Waals surface area contributed by atoms with Crippen LogP contribution in [0.3, 0.4) is 0 Å². The Kier molecular flexibility index (Phi) is 1.83. The molecule has 4 rings (SSSR count). The number of carbonyl (C=O) groups is 1. The van der Waals surface area contributed by atoms with Gasteiger partial charge in [0.05, 0.1) is 0 Å². The van der Waals surface area contributed by atoms with Gasteiger partial charge in [-0.2, -0.15) is 0 Å². The van der Waals surface area contributed by atoms with Crippen molar-refractivity contribution in [2.24, 2.45) is 0 Å². The Morgan fingerprint density at radius 3 is 2.55 bits per heavy atom. The molecule has 0 radical (unpaired) electrons. The molecule has 0 saturated carbocycles. The largest absolute Gasteiger partial charge is 0.508 e. The number of rotatable bonds is 0. The molecule has 1 heterocycles. The van der Waals surface area contributed by atoms with E-state index in [0.29, 0.717) is 22.4 Å². The molecule has 4 N–H and O–H groups in total. The number of aliphatic hydroxyl groups is 2. The second-order valence-corrected chi connectivity index (χ2v) is 5.15. The fraction of sp³-hybridized carbons (Fsp3) is 0.133. The molecule has 5 heteroatoms. The van der Waals surface area contributed by atoms with Crippen LogP contribution in [0.4, 0.5) is 5.69 Å². The SMILES string of the molecule is O=C1c2ccccc2[C@@]2(O)c3ccc(O)cc3N[C@@]12O. The van der Waals surface area contributed by atoms with Gasteiger partial charge in [-0.15, -0.1) is 0 Å². The maximum absolute atomic E-state index is 12.4. The van der Waals surface area contributed by atoms with E-state index in [4.69, 9.17) is 0 Å². The Morgan fingerprint density at radius 1 is 1.00 bits per heavy atom. The molecular weight excluding hydrogens is 258 g/mol. The van der Waals surface area contributed by atoms with Gasteiger partial charge in [-0.25, -0.2) is 0 Å². The second-order valence-electron chi connectivity index (χ2n) is 5.15. The molecule has 2 atom stereocenters. The predicted molar refractivity (Wildman–Crippen MR) is 70.5 cm³/mol. The fourth-order valence-corrected chi connectivity index (χ4v) is 3.18. The Balaban J connectivity index is 2.09. The molecule has 0 unspecified atom stereocenters. The van der Waals surface area contributed by atoms with Crippen molar-refractivity contribution < 1.29 is 20.1 Å². The summed E-state index contributed by atoms with van der Waals surface area (Å²) >= 11 is 0. The molecule has 0 bridgehead atoms. The molecule has 2 aromatic rings. The van der Waals surface area contributed by atoms with Crippen molar-refractivity contribution in [3.05, 3.63) is 59.2 Å². The fourth-order valence-electron chi connectivity index (χ4n) is 3.18. The van der Waals surface area contributed by atoms with Crippen molar-refractivity contribution in [3.8, 4) is 5.75 Å².